The second-order valence-corrected chi connectivity index (χ2v) is 4.76. The van der Waals surface area contributed by atoms with Crippen LogP contribution in [0.5, 0.6) is 0 Å². The van der Waals surface area contributed by atoms with Gasteiger partial charge in [0.1, 0.15) is 0 Å². The van der Waals surface area contributed by atoms with Crippen molar-refractivity contribution >= 4 is 32.8 Å². The monoisotopic (exact) mass is 272 g/mol. The van der Waals surface area contributed by atoms with E-state index < -0.39 is 0 Å². The van der Waals surface area contributed by atoms with Crippen molar-refractivity contribution in [2.24, 2.45) is 0 Å². The minimum absolute atomic E-state index is 0.181. The van der Waals surface area contributed by atoms with Gasteiger partial charge in [-0.25, -0.2) is 0 Å². The Labute approximate surface area is 97.4 Å². The number of alkyl halides is 1. The third kappa shape index (κ3) is 4.29. The van der Waals surface area contributed by atoms with E-state index in [1.807, 2.05) is 30.3 Å². The molecular weight excluding hydrogens is 260 g/mol. The van der Waals surface area contributed by atoms with E-state index in [0.717, 1.165) is 29.5 Å². The molecule has 0 atom stereocenters. The predicted molar refractivity (Wildman–Crippen MR) is 66.3 cm³/mol. The van der Waals surface area contributed by atoms with Crippen molar-refractivity contribution in [3.8, 4) is 0 Å². The first-order chi connectivity index (χ1) is 6.84. The third-order valence-corrected chi connectivity index (χ3v) is 3.32. The summed E-state index contributed by atoms with van der Waals surface area (Å²) in [4.78, 5) is 11.6. The number of rotatable bonds is 5. The third-order valence-electron chi connectivity index (χ3n) is 1.77. The zero-order chi connectivity index (χ0) is 10.2. The molecule has 0 fully saturated rings. The summed E-state index contributed by atoms with van der Waals surface area (Å²) in [5, 5.41) is 1.20. The Kier molecular flexibility index (Phi) is 5.96. The summed E-state index contributed by atoms with van der Waals surface area (Å²) in [6.45, 7) is 0. The van der Waals surface area contributed by atoms with Gasteiger partial charge in [-0.1, -0.05) is 58.0 Å². The van der Waals surface area contributed by atoms with E-state index in [2.05, 4.69) is 15.9 Å². The van der Waals surface area contributed by atoms with Crippen LogP contribution in [-0.2, 0) is 0 Å². The van der Waals surface area contributed by atoms with Crippen LogP contribution in [0, 0.1) is 0 Å². The molecule has 0 amide bonds. The van der Waals surface area contributed by atoms with Crippen molar-refractivity contribution in [3.05, 3.63) is 35.9 Å². The van der Waals surface area contributed by atoms with E-state index in [0.29, 0.717) is 0 Å². The van der Waals surface area contributed by atoms with E-state index in [4.69, 9.17) is 0 Å². The molecule has 76 valence electrons. The number of benzene rings is 1. The van der Waals surface area contributed by atoms with Crippen molar-refractivity contribution < 1.29 is 4.79 Å². The summed E-state index contributed by atoms with van der Waals surface area (Å²) in [5.74, 6) is 0.916. The van der Waals surface area contributed by atoms with Crippen LogP contribution in [-0.4, -0.2) is 16.2 Å². The molecule has 3 heteroatoms. The van der Waals surface area contributed by atoms with Gasteiger partial charge in [0, 0.05) is 16.6 Å². The largest absolute Gasteiger partial charge is 0.282 e. The van der Waals surface area contributed by atoms with Crippen LogP contribution in [0.1, 0.15) is 23.2 Å². The summed E-state index contributed by atoms with van der Waals surface area (Å²) in [6.07, 6.45) is 2.23. The van der Waals surface area contributed by atoms with E-state index in [9.17, 15) is 4.79 Å². The number of halogens is 1. The highest BCUT2D eigenvalue weighted by Crippen LogP contribution is 2.13. The molecule has 0 heterocycles. The van der Waals surface area contributed by atoms with Gasteiger partial charge in [-0.15, -0.1) is 0 Å². The average molecular weight is 273 g/mol. The number of unbranched alkanes of at least 4 members (excludes halogenated alkanes) is 1. The highest BCUT2D eigenvalue weighted by molar-refractivity contribution is 9.09. The van der Waals surface area contributed by atoms with E-state index in [1.165, 1.54) is 11.8 Å². The lowest BCUT2D eigenvalue weighted by Gasteiger charge is -1.99. The molecule has 0 spiro atoms. The SMILES string of the molecule is O=C(SCCCCBr)c1ccccc1. The first-order valence-corrected chi connectivity index (χ1v) is 6.73. The summed E-state index contributed by atoms with van der Waals surface area (Å²) in [6, 6.07) is 9.43. The number of thioether (sulfide) groups is 1. The molecule has 0 aliphatic rings. The number of carbonyl (C=O) groups excluding carboxylic acids is 1. The highest BCUT2D eigenvalue weighted by Gasteiger charge is 2.04. The molecule has 1 nitrogen and oxygen atoms in total. The highest BCUT2D eigenvalue weighted by atomic mass is 79.9. The zero-order valence-electron chi connectivity index (χ0n) is 7.91. The van der Waals surface area contributed by atoms with Crippen LogP contribution in [0.3, 0.4) is 0 Å². The van der Waals surface area contributed by atoms with Crippen LogP contribution in [0.15, 0.2) is 30.3 Å². The normalized spacial score (nSPS) is 10.1. The summed E-state index contributed by atoms with van der Waals surface area (Å²) >= 11 is 4.78. The van der Waals surface area contributed by atoms with Crippen LogP contribution in [0.25, 0.3) is 0 Å². The lowest BCUT2D eigenvalue weighted by atomic mass is 10.2. The van der Waals surface area contributed by atoms with Gasteiger partial charge in [0.25, 0.3) is 0 Å². The maximum Gasteiger partial charge on any atom is 0.219 e. The Bertz CT molecular complexity index is 274. The number of hydrogen-bond acceptors (Lipinski definition) is 2. The van der Waals surface area contributed by atoms with Crippen molar-refractivity contribution in [1.29, 1.82) is 0 Å². The summed E-state index contributed by atoms with van der Waals surface area (Å²) in [5.41, 5.74) is 0.802. The molecule has 0 saturated heterocycles. The fourth-order valence-electron chi connectivity index (χ4n) is 1.02. The second-order valence-electron chi connectivity index (χ2n) is 2.90. The van der Waals surface area contributed by atoms with Crippen molar-refractivity contribution in [2.75, 3.05) is 11.1 Å². The minimum Gasteiger partial charge on any atom is -0.282 e. The fourth-order valence-corrected chi connectivity index (χ4v) is 2.25. The van der Waals surface area contributed by atoms with Gasteiger partial charge in [-0.2, -0.15) is 0 Å². The molecule has 1 aromatic carbocycles. The Morgan fingerprint density at radius 2 is 1.93 bits per heavy atom. The molecule has 0 aliphatic heterocycles. The molecule has 0 bridgehead atoms. The molecule has 0 unspecified atom stereocenters. The first kappa shape index (κ1) is 11.8. The van der Waals surface area contributed by atoms with Gasteiger partial charge in [0.2, 0.25) is 5.12 Å². The van der Waals surface area contributed by atoms with Gasteiger partial charge in [0.05, 0.1) is 0 Å². The van der Waals surface area contributed by atoms with Crippen LogP contribution >= 0.6 is 27.7 Å². The molecular formula is C11H13BrOS. The first-order valence-electron chi connectivity index (χ1n) is 4.62. The summed E-state index contributed by atoms with van der Waals surface area (Å²) < 4.78 is 0. The topological polar surface area (TPSA) is 17.1 Å². The van der Waals surface area contributed by atoms with E-state index in [-0.39, 0.29) is 5.12 Å². The van der Waals surface area contributed by atoms with Gasteiger partial charge in [0.15, 0.2) is 0 Å². The molecule has 0 radical (unpaired) electrons. The van der Waals surface area contributed by atoms with Crippen molar-refractivity contribution in [2.45, 2.75) is 12.8 Å². The minimum atomic E-state index is 0.181. The van der Waals surface area contributed by atoms with Crippen LogP contribution in [0.2, 0.25) is 0 Å². The van der Waals surface area contributed by atoms with Crippen molar-refractivity contribution in [1.82, 2.24) is 0 Å². The Morgan fingerprint density at radius 1 is 1.21 bits per heavy atom. The Balaban J connectivity index is 2.29. The Hall–Kier alpha value is -0.280. The van der Waals surface area contributed by atoms with E-state index in [1.54, 1.807) is 0 Å². The Morgan fingerprint density at radius 3 is 2.57 bits per heavy atom. The van der Waals surface area contributed by atoms with Gasteiger partial charge in [-0.05, 0) is 12.8 Å². The lowest BCUT2D eigenvalue weighted by molar-refractivity contribution is 0.108. The molecule has 0 saturated carbocycles. The molecule has 1 rings (SSSR count). The molecule has 14 heavy (non-hydrogen) atoms. The van der Waals surface area contributed by atoms with Crippen LogP contribution < -0.4 is 0 Å². The lowest BCUT2D eigenvalue weighted by Crippen LogP contribution is -1.94. The quantitative estimate of drug-likeness (QED) is 0.600. The van der Waals surface area contributed by atoms with Crippen molar-refractivity contribution in [3.63, 3.8) is 0 Å². The molecule has 0 N–H and O–H groups in total. The van der Waals surface area contributed by atoms with Gasteiger partial charge >= 0.3 is 0 Å². The molecule has 1 aromatic rings. The average Bonchev–Trinajstić information content (AvgIpc) is 2.25. The maximum absolute atomic E-state index is 11.6. The molecule has 0 aliphatic carbocycles. The second kappa shape index (κ2) is 7.07. The fraction of sp³-hybridized carbons (Fsp3) is 0.364. The number of carbonyl (C=O) groups is 1. The van der Waals surface area contributed by atoms with Gasteiger partial charge < -0.3 is 0 Å². The number of hydrogen-bond donors (Lipinski definition) is 0. The summed E-state index contributed by atoms with van der Waals surface area (Å²) in [7, 11) is 0. The maximum atomic E-state index is 11.6. The van der Waals surface area contributed by atoms with Crippen LogP contribution in [0.4, 0.5) is 0 Å². The van der Waals surface area contributed by atoms with E-state index >= 15 is 0 Å². The zero-order valence-corrected chi connectivity index (χ0v) is 10.3. The smallest absolute Gasteiger partial charge is 0.219 e. The predicted octanol–water partition coefficient (Wildman–Crippen LogP) is 3.74. The van der Waals surface area contributed by atoms with Gasteiger partial charge in [-0.3, -0.25) is 4.79 Å². The standard InChI is InChI=1S/C11H13BrOS/c12-8-4-5-9-14-11(13)10-6-2-1-3-7-10/h1-3,6-7H,4-5,8-9H2. The molecule has 0 aromatic heterocycles.